The third-order valence-corrected chi connectivity index (χ3v) is 4.31. The molecule has 0 N–H and O–H groups in total. The Morgan fingerprint density at radius 2 is 1.92 bits per heavy atom. The lowest BCUT2D eigenvalue weighted by Crippen LogP contribution is -2.50. The summed E-state index contributed by atoms with van der Waals surface area (Å²) in [5, 5.41) is 0. The van der Waals surface area contributed by atoms with Gasteiger partial charge in [0, 0.05) is 25.3 Å². The number of nitrogens with zero attached hydrogens (tertiary/aromatic N) is 2. The van der Waals surface area contributed by atoms with Gasteiger partial charge in [0.15, 0.2) is 0 Å². The van der Waals surface area contributed by atoms with Gasteiger partial charge in [-0.3, -0.25) is 9.69 Å². The average Bonchev–Trinajstić information content (AvgIpc) is 2.60. The number of anilines is 1. The van der Waals surface area contributed by atoms with Crippen LogP contribution in [-0.2, 0) is 11.3 Å². The Morgan fingerprint density at radius 1 is 1.12 bits per heavy atom. The first-order chi connectivity index (χ1) is 12.5. The van der Waals surface area contributed by atoms with Crippen LogP contribution in [0.15, 0.2) is 48.5 Å². The maximum atomic E-state index is 13.4. The van der Waals surface area contributed by atoms with Gasteiger partial charge in [0.1, 0.15) is 11.6 Å². The van der Waals surface area contributed by atoms with E-state index in [1.807, 2.05) is 24.3 Å². The Labute approximate surface area is 154 Å². The van der Waals surface area contributed by atoms with Crippen molar-refractivity contribution in [3.8, 4) is 5.75 Å². The van der Waals surface area contributed by atoms with E-state index in [-0.39, 0.29) is 11.7 Å². The summed E-state index contributed by atoms with van der Waals surface area (Å²) < 4.78 is 19.2. The maximum Gasteiger partial charge on any atom is 0.241 e. The molecule has 1 aliphatic heterocycles. The second kappa shape index (κ2) is 8.32. The van der Waals surface area contributed by atoms with Crippen LogP contribution in [-0.4, -0.2) is 37.0 Å². The van der Waals surface area contributed by atoms with Gasteiger partial charge in [0.2, 0.25) is 5.91 Å². The summed E-state index contributed by atoms with van der Waals surface area (Å²) in [7, 11) is 0. The Balaban J connectivity index is 1.59. The molecule has 0 atom stereocenters. The molecule has 3 rings (SSSR count). The number of hydrogen-bond donors (Lipinski definition) is 0. The quantitative estimate of drug-likeness (QED) is 0.791. The lowest BCUT2D eigenvalue weighted by atomic mass is 10.1. The van der Waals surface area contributed by atoms with Crippen molar-refractivity contribution in [2.75, 3.05) is 31.1 Å². The first-order valence-corrected chi connectivity index (χ1v) is 9.01. The van der Waals surface area contributed by atoms with Crippen LogP contribution in [0.25, 0.3) is 0 Å². The average molecular weight is 356 g/mol. The predicted molar refractivity (Wildman–Crippen MR) is 101 cm³/mol. The smallest absolute Gasteiger partial charge is 0.241 e. The Hall–Kier alpha value is -2.40. The fourth-order valence-electron chi connectivity index (χ4n) is 3.03. The highest BCUT2D eigenvalue weighted by atomic mass is 19.1. The molecule has 0 aliphatic carbocycles. The van der Waals surface area contributed by atoms with Gasteiger partial charge in [-0.2, -0.15) is 0 Å². The molecule has 1 aliphatic rings. The van der Waals surface area contributed by atoms with Gasteiger partial charge >= 0.3 is 0 Å². The van der Waals surface area contributed by atoms with Crippen molar-refractivity contribution in [2.24, 2.45) is 5.92 Å². The minimum Gasteiger partial charge on any atom is -0.493 e. The molecular weight excluding hydrogens is 331 g/mol. The van der Waals surface area contributed by atoms with Crippen molar-refractivity contribution in [3.63, 3.8) is 0 Å². The summed E-state index contributed by atoms with van der Waals surface area (Å²) in [5.74, 6) is 1.01. The molecule has 5 heteroatoms. The van der Waals surface area contributed by atoms with Gasteiger partial charge < -0.3 is 9.64 Å². The minimum atomic E-state index is -0.323. The normalized spacial score (nSPS) is 15.5. The zero-order valence-electron chi connectivity index (χ0n) is 15.3. The van der Waals surface area contributed by atoms with Crippen molar-refractivity contribution in [2.45, 2.75) is 20.4 Å². The zero-order valence-corrected chi connectivity index (χ0v) is 15.3. The van der Waals surface area contributed by atoms with E-state index >= 15 is 0 Å². The van der Waals surface area contributed by atoms with E-state index in [1.54, 1.807) is 17.0 Å². The second-order valence-electron chi connectivity index (χ2n) is 7.09. The summed E-state index contributed by atoms with van der Waals surface area (Å²) in [6.07, 6.45) is 0. The topological polar surface area (TPSA) is 32.8 Å². The van der Waals surface area contributed by atoms with Gasteiger partial charge in [-0.15, -0.1) is 0 Å². The summed E-state index contributed by atoms with van der Waals surface area (Å²) >= 11 is 0. The number of ether oxygens (including phenoxy) is 1. The molecular formula is C21H25FN2O2. The van der Waals surface area contributed by atoms with Gasteiger partial charge in [-0.05, 0) is 41.8 Å². The van der Waals surface area contributed by atoms with Crippen LogP contribution in [0.5, 0.6) is 5.75 Å². The van der Waals surface area contributed by atoms with Gasteiger partial charge in [-0.25, -0.2) is 4.39 Å². The molecule has 26 heavy (non-hydrogen) atoms. The van der Waals surface area contributed by atoms with Crippen LogP contribution in [0.1, 0.15) is 19.4 Å². The first-order valence-electron chi connectivity index (χ1n) is 9.01. The van der Waals surface area contributed by atoms with E-state index in [4.69, 9.17) is 4.74 Å². The van der Waals surface area contributed by atoms with Crippen LogP contribution in [0.4, 0.5) is 10.1 Å². The first kappa shape index (κ1) is 18.4. The van der Waals surface area contributed by atoms with E-state index in [1.165, 1.54) is 12.1 Å². The molecule has 2 aromatic carbocycles. The van der Waals surface area contributed by atoms with Crippen molar-refractivity contribution >= 4 is 11.6 Å². The van der Waals surface area contributed by atoms with Crippen LogP contribution in [0, 0.1) is 11.7 Å². The fraction of sp³-hybridized carbons (Fsp3) is 0.381. The summed E-state index contributed by atoms with van der Waals surface area (Å²) in [5.41, 5.74) is 1.75. The largest absolute Gasteiger partial charge is 0.493 e. The van der Waals surface area contributed by atoms with Crippen LogP contribution in [0.3, 0.4) is 0 Å². The van der Waals surface area contributed by atoms with Crippen molar-refractivity contribution in [1.29, 1.82) is 0 Å². The van der Waals surface area contributed by atoms with Crippen LogP contribution in [0.2, 0.25) is 0 Å². The summed E-state index contributed by atoms with van der Waals surface area (Å²) in [6, 6.07) is 14.2. The predicted octanol–water partition coefficient (Wildman–Crippen LogP) is 3.71. The monoisotopic (exact) mass is 356 g/mol. The van der Waals surface area contributed by atoms with Crippen LogP contribution < -0.4 is 9.64 Å². The maximum absolute atomic E-state index is 13.4. The number of hydrogen-bond acceptors (Lipinski definition) is 3. The van der Waals surface area contributed by atoms with Gasteiger partial charge in [0.05, 0.1) is 13.2 Å². The Morgan fingerprint density at radius 3 is 2.65 bits per heavy atom. The third-order valence-electron chi connectivity index (χ3n) is 4.31. The highest BCUT2D eigenvalue weighted by molar-refractivity contribution is 5.95. The van der Waals surface area contributed by atoms with Gasteiger partial charge in [-0.1, -0.05) is 32.0 Å². The third kappa shape index (κ3) is 4.82. The molecule has 0 bridgehead atoms. The minimum absolute atomic E-state index is 0.00550. The molecule has 1 saturated heterocycles. The SMILES string of the molecule is CC(C)COc1cccc(CN2CCN(c3cccc(F)c3)C(=O)C2)c1. The Kier molecular flexibility index (Phi) is 5.89. The fourth-order valence-corrected chi connectivity index (χ4v) is 3.03. The standard InChI is InChI=1S/C21H25FN2O2/c1-16(2)15-26-20-8-3-5-17(11-20)13-23-9-10-24(21(25)14-23)19-7-4-6-18(22)12-19/h3-8,11-12,16H,9-10,13-15H2,1-2H3. The number of halogens is 1. The molecule has 1 heterocycles. The Bertz CT molecular complexity index is 763. The van der Waals surface area contributed by atoms with Crippen LogP contribution >= 0.6 is 0 Å². The lowest BCUT2D eigenvalue weighted by molar-refractivity contribution is -0.121. The molecule has 2 aromatic rings. The summed E-state index contributed by atoms with van der Waals surface area (Å²) in [6.45, 7) is 7.26. The molecule has 1 amide bonds. The second-order valence-corrected chi connectivity index (χ2v) is 7.09. The number of carbonyl (C=O) groups excluding carboxylic acids is 1. The molecule has 4 nitrogen and oxygen atoms in total. The number of amides is 1. The highest BCUT2D eigenvalue weighted by Gasteiger charge is 2.25. The van der Waals surface area contributed by atoms with Crippen molar-refractivity contribution < 1.29 is 13.9 Å². The molecule has 138 valence electrons. The highest BCUT2D eigenvalue weighted by Crippen LogP contribution is 2.20. The number of benzene rings is 2. The lowest BCUT2D eigenvalue weighted by Gasteiger charge is -2.34. The van der Waals surface area contributed by atoms with E-state index in [2.05, 4.69) is 18.7 Å². The molecule has 1 fully saturated rings. The molecule has 0 radical (unpaired) electrons. The molecule has 0 unspecified atom stereocenters. The van der Waals surface area contributed by atoms with E-state index in [0.717, 1.165) is 17.9 Å². The number of carbonyl (C=O) groups is 1. The van der Waals surface area contributed by atoms with Gasteiger partial charge in [0.25, 0.3) is 0 Å². The van der Waals surface area contributed by atoms with E-state index in [0.29, 0.717) is 37.8 Å². The number of rotatable bonds is 6. The molecule has 0 spiro atoms. The van der Waals surface area contributed by atoms with Crippen molar-refractivity contribution in [1.82, 2.24) is 4.90 Å². The van der Waals surface area contributed by atoms with E-state index < -0.39 is 0 Å². The molecule has 0 saturated carbocycles. The number of piperazine rings is 1. The van der Waals surface area contributed by atoms with Crippen molar-refractivity contribution in [3.05, 3.63) is 59.9 Å². The van der Waals surface area contributed by atoms with E-state index in [9.17, 15) is 9.18 Å². The zero-order chi connectivity index (χ0) is 18.5. The molecule has 0 aromatic heterocycles. The summed E-state index contributed by atoms with van der Waals surface area (Å²) in [4.78, 5) is 16.3.